The van der Waals surface area contributed by atoms with E-state index >= 15 is 0 Å². The normalized spacial score (nSPS) is 10.1. The number of carbonyl (C=O) groups is 2. The summed E-state index contributed by atoms with van der Waals surface area (Å²) in [6.45, 7) is 4.21. The Hall–Kier alpha value is -2.82. The molecule has 0 aliphatic carbocycles. The first-order valence-electron chi connectivity index (χ1n) is 7.00. The molecule has 114 valence electrons. The number of aromatic hydroxyl groups is 1. The van der Waals surface area contributed by atoms with Crippen molar-refractivity contribution in [2.24, 2.45) is 0 Å². The van der Waals surface area contributed by atoms with E-state index in [1.165, 1.54) is 6.07 Å². The van der Waals surface area contributed by atoms with Crippen LogP contribution in [0.2, 0.25) is 0 Å². The van der Waals surface area contributed by atoms with Crippen LogP contribution in [0, 0.1) is 6.92 Å². The van der Waals surface area contributed by atoms with Crippen molar-refractivity contribution in [3.05, 3.63) is 59.2 Å². The molecule has 0 saturated carbocycles. The Morgan fingerprint density at radius 2 is 1.86 bits per heavy atom. The fourth-order valence-electron chi connectivity index (χ4n) is 2.03. The van der Waals surface area contributed by atoms with Crippen molar-refractivity contribution < 1.29 is 14.7 Å². The van der Waals surface area contributed by atoms with Gasteiger partial charge >= 0.3 is 0 Å². The summed E-state index contributed by atoms with van der Waals surface area (Å²) in [4.78, 5) is 24.0. The number of phenolic OH excluding ortho intramolecular Hbond substituents is 1. The van der Waals surface area contributed by atoms with Crippen LogP contribution in [0.5, 0.6) is 5.75 Å². The number of benzene rings is 2. The van der Waals surface area contributed by atoms with Gasteiger partial charge in [-0.25, -0.2) is 0 Å². The molecule has 0 radical (unpaired) electrons. The third-order valence-corrected chi connectivity index (χ3v) is 3.12. The standard InChI is InChI=1S/C17H18N2O3/c1-3-18-16(21)12-5-4-6-13(10-12)19-17(22)14-9-11(2)7-8-15(14)20/h4-10,20H,3H2,1-2H3,(H,18,21)(H,19,22). The number of aryl methyl sites for hydroxylation is 1. The van der Waals surface area contributed by atoms with Gasteiger partial charge in [0.05, 0.1) is 5.56 Å². The van der Waals surface area contributed by atoms with Crippen LogP contribution in [0.3, 0.4) is 0 Å². The zero-order valence-corrected chi connectivity index (χ0v) is 12.5. The lowest BCUT2D eigenvalue weighted by atomic mass is 10.1. The first-order chi connectivity index (χ1) is 10.5. The van der Waals surface area contributed by atoms with Gasteiger partial charge in [0.1, 0.15) is 5.75 Å². The minimum absolute atomic E-state index is 0.0806. The Morgan fingerprint density at radius 1 is 1.09 bits per heavy atom. The Kier molecular flexibility index (Phi) is 4.78. The predicted molar refractivity (Wildman–Crippen MR) is 85.2 cm³/mol. The lowest BCUT2D eigenvalue weighted by Gasteiger charge is -2.09. The summed E-state index contributed by atoms with van der Waals surface area (Å²) in [6, 6.07) is 11.5. The Morgan fingerprint density at radius 3 is 2.59 bits per heavy atom. The number of anilines is 1. The number of carbonyl (C=O) groups excluding carboxylic acids is 2. The predicted octanol–water partition coefficient (Wildman–Crippen LogP) is 2.70. The molecule has 2 rings (SSSR count). The first-order valence-corrected chi connectivity index (χ1v) is 7.00. The van der Waals surface area contributed by atoms with Crippen molar-refractivity contribution >= 4 is 17.5 Å². The molecular weight excluding hydrogens is 280 g/mol. The summed E-state index contributed by atoms with van der Waals surface area (Å²) < 4.78 is 0. The largest absolute Gasteiger partial charge is 0.507 e. The molecule has 0 unspecified atom stereocenters. The number of hydrogen-bond acceptors (Lipinski definition) is 3. The van der Waals surface area contributed by atoms with E-state index < -0.39 is 5.91 Å². The monoisotopic (exact) mass is 298 g/mol. The van der Waals surface area contributed by atoms with E-state index in [-0.39, 0.29) is 17.2 Å². The second kappa shape index (κ2) is 6.76. The maximum absolute atomic E-state index is 12.2. The Balaban J connectivity index is 2.20. The number of hydrogen-bond donors (Lipinski definition) is 3. The molecule has 3 N–H and O–H groups in total. The molecule has 0 aliphatic rings. The number of nitrogens with one attached hydrogen (secondary N) is 2. The summed E-state index contributed by atoms with van der Waals surface area (Å²) in [6.07, 6.45) is 0. The molecule has 2 aromatic carbocycles. The van der Waals surface area contributed by atoms with Crippen molar-refractivity contribution in [2.75, 3.05) is 11.9 Å². The third kappa shape index (κ3) is 3.63. The van der Waals surface area contributed by atoms with Gasteiger partial charge in [0.25, 0.3) is 11.8 Å². The Labute approximate surface area is 129 Å². The highest BCUT2D eigenvalue weighted by Gasteiger charge is 2.12. The minimum Gasteiger partial charge on any atom is -0.507 e. The lowest BCUT2D eigenvalue weighted by molar-refractivity contribution is 0.0954. The fourth-order valence-corrected chi connectivity index (χ4v) is 2.03. The second-order valence-corrected chi connectivity index (χ2v) is 4.91. The molecule has 5 nitrogen and oxygen atoms in total. The van der Waals surface area contributed by atoms with Crippen LogP contribution in [0.15, 0.2) is 42.5 Å². The van der Waals surface area contributed by atoms with Crippen LogP contribution in [0.1, 0.15) is 33.2 Å². The summed E-state index contributed by atoms with van der Waals surface area (Å²) >= 11 is 0. The van der Waals surface area contributed by atoms with Crippen molar-refractivity contribution in [1.82, 2.24) is 5.32 Å². The lowest BCUT2D eigenvalue weighted by Crippen LogP contribution is -2.22. The van der Waals surface area contributed by atoms with Gasteiger partial charge in [-0.3, -0.25) is 9.59 Å². The van der Waals surface area contributed by atoms with E-state index in [0.29, 0.717) is 17.8 Å². The summed E-state index contributed by atoms with van der Waals surface area (Å²) in [5, 5.41) is 15.2. The molecule has 0 heterocycles. The zero-order valence-electron chi connectivity index (χ0n) is 12.5. The van der Waals surface area contributed by atoms with Crippen molar-refractivity contribution in [3.63, 3.8) is 0 Å². The summed E-state index contributed by atoms with van der Waals surface area (Å²) in [5.41, 5.74) is 2.03. The highest BCUT2D eigenvalue weighted by molar-refractivity contribution is 6.06. The molecule has 2 aromatic rings. The highest BCUT2D eigenvalue weighted by atomic mass is 16.3. The third-order valence-electron chi connectivity index (χ3n) is 3.12. The van der Waals surface area contributed by atoms with Gasteiger partial charge in [-0.05, 0) is 44.2 Å². The molecule has 2 amide bonds. The van der Waals surface area contributed by atoms with Crippen LogP contribution in [0.25, 0.3) is 0 Å². The van der Waals surface area contributed by atoms with Gasteiger partial charge in [-0.2, -0.15) is 0 Å². The van der Waals surface area contributed by atoms with Gasteiger partial charge < -0.3 is 15.7 Å². The molecule has 0 aromatic heterocycles. The summed E-state index contributed by atoms with van der Waals surface area (Å²) in [5.74, 6) is -0.700. The SMILES string of the molecule is CCNC(=O)c1cccc(NC(=O)c2cc(C)ccc2O)c1. The van der Waals surface area contributed by atoms with Crippen molar-refractivity contribution in [2.45, 2.75) is 13.8 Å². The van der Waals surface area contributed by atoms with Gasteiger partial charge in [-0.15, -0.1) is 0 Å². The van der Waals surface area contributed by atoms with Crippen LogP contribution in [0.4, 0.5) is 5.69 Å². The fraction of sp³-hybridized carbons (Fsp3) is 0.176. The molecule has 0 saturated heterocycles. The maximum Gasteiger partial charge on any atom is 0.259 e. The number of phenols is 1. The highest BCUT2D eigenvalue weighted by Crippen LogP contribution is 2.20. The molecule has 0 aliphatic heterocycles. The van der Waals surface area contributed by atoms with Gasteiger partial charge in [0, 0.05) is 17.8 Å². The molecule has 0 bridgehead atoms. The average molecular weight is 298 g/mol. The number of amides is 2. The van der Waals surface area contributed by atoms with E-state index in [2.05, 4.69) is 10.6 Å². The van der Waals surface area contributed by atoms with Gasteiger partial charge in [0.2, 0.25) is 0 Å². The molecule has 0 fully saturated rings. The van der Waals surface area contributed by atoms with Gasteiger partial charge in [-0.1, -0.05) is 17.7 Å². The van der Waals surface area contributed by atoms with Crippen LogP contribution >= 0.6 is 0 Å². The smallest absolute Gasteiger partial charge is 0.259 e. The van der Waals surface area contributed by atoms with Crippen LogP contribution in [-0.2, 0) is 0 Å². The number of rotatable bonds is 4. The van der Waals surface area contributed by atoms with E-state index in [4.69, 9.17) is 0 Å². The minimum atomic E-state index is -0.422. The quantitative estimate of drug-likeness (QED) is 0.812. The van der Waals surface area contributed by atoms with Crippen LogP contribution < -0.4 is 10.6 Å². The topological polar surface area (TPSA) is 78.4 Å². The molecule has 22 heavy (non-hydrogen) atoms. The Bertz CT molecular complexity index is 711. The van der Waals surface area contributed by atoms with E-state index in [1.54, 1.807) is 36.4 Å². The second-order valence-electron chi connectivity index (χ2n) is 4.91. The van der Waals surface area contributed by atoms with Crippen LogP contribution in [-0.4, -0.2) is 23.5 Å². The van der Waals surface area contributed by atoms with E-state index in [0.717, 1.165) is 5.56 Å². The van der Waals surface area contributed by atoms with Crippen molar-refractivity contribution in [3.8, 4) is 5.75 Å². The summed E-state index contributed by atoms with van der Waals surface area (Å²) in [7, 11) is 0. The molecule has 5 heteroatoms. The molecular formula is C17H18N2O3. The molecule has 0 spiro atoms. The van der Waals surface area contributed by atoms with Gasteiger partial charge in [0.15, 0.2) is 0 Å². The maximum atomic E-state index is 12.2. The van der Waals surface area contributed by atoms with Crippen molar-refractivity contribution in [1.29, 1.82) is 0 Å². The average Bonchev–Trinajstić information content (AvgIpc) is 2.50. The van der Waals surface area contributed by atoms with E-state index in [1.807, 2.05) is 13.8 Å². The molecule has 0 atom stereocenters. The first kappa shape index (κ1) is 15.6. The zero-order chi connectivity index (χ0) is 16.1. The van der Waals surface area contributed by atoms with E-state index in [9.17, 15) is 14.7 Å².